The molecule has 5 rings (SSSR count). The maximum atomic E-state index is 14.3. The first-order valence-electron chi connectivity index (χ1n) is 8.73. The maximum Gasteiger partial charge on any atom is 0.265 e. The molecule has 4 heterocycles. The van der Waals surface area contributed by atoms with Gasteiger partial charge in [-0.05, 0) is 59.5 Å². The van der Waals surface area contributed by atoms with Crippen LogP contribution in [0.15, 0.2) is 47.2 Å². The van der Waals surface area contributed by atoms with Gasteiger partial charge >= 0.3 is 0 Å². The molecule has 0 spiro atoms. The van der Waals surface area contributed by atoms with Gasteiger partial charge in [0.05, 0.1) is 10.9 Å². The standard InChI is InChI=1S/C21H16FNOS3/c1-12-18-14(22)4-2-5-16(18)27-20(12)21(24)23-9-7-15-13(8-11-26-15)19(23)17-6-3-10-25-17/h2-6,8,10-11,19H,7,9H2,1H3. The van der Waals surface area contributed by atoms with Crippen LogP contribution in [0.3, 0.4) is 0 Å². The van der Waals surface area contributed by atoms with Crippen molar-refractivity contribution in [3.8, 4) is 0 Å². The molecule has 136 valence electrons. The average Bonchev–Trinajstić information content (AvgIpc) is 3.40. The van der Waals surface area contributed by atoms with E-state index in [-0.39, 0.29) is 17.8 Å². The van der Waals surface area contributed by atoms with E-state index in [0.29, 0.717) is 16.8 Å². The molecule has 1 aromatic carbocycles. The molecule has 3 aromatic heterocycles. The molecular weight excluding hydrogens is 397 g/mol. The predicted molar refractivity (Wildman–Crippen MR) is 112 cm³/mol. The molecule has 1 aliphatic rings. The van der Waals surface area contributed by atoms with E-state index < -0.39 is 0 Å². The van der Waals surface area contributed by atoms with Crippen molar-refractivity contribution in [3.63, 3.8) is 0 Å². The van der Waals surface area contributed by atoms with Gasteiger partial charge in [-0.25, -0.2) is 4.39 Å². The van der Waals surface area contributed by atoms with E-state index >= 15 is 0 Å². The molecule has 0 saturated heterocycles. The molecule has 1 unspecified atom stereocenters. The summed E-state index contributed by atoms with van der Waals surface area (Å²) in [5.74, 6) is -0.253. The number of hydrogen-bond acceptors (Lipinski definition) is 4. The normalized spacial score (nSPS) is 16.7. The summed E-state index contributed by atoms with van der Waals surface area (Å²) in [7, 11) is 0. The molecule has 1 aliphatic heterocycles. The van der Waals surface area contributed by atoms with E-state index in [2.05, 4.69) is 22.9 Å². The number of fused-ring (bicyclic) bond motifs is 2. The quantitative estimate of drug-likeness (QED) is 0.380. The minimum atomic E-state index is -0.256. The number of aryl methyl sites for hydroxylation is 1. The first-order chi connectivity index (χ1) is 13.1. The molecule has 0 N–H and O–H groups in total. The van der Waals surface area contributed by atoms with Crippen LogP contribution in [0.25, 0.3) is 10.1 Å². The fourth-order valence-electron chi connectivity index (χ4n) is 3.88. The van der Waals surface area contributed by atoms with Gasteiger partial charge < -0.3 is 4.90 Å². The SMILES string of the molecule is Cc1c(C(=O)N2CCc3sccc3C2c2cccs2)sc2cccc(F)c12. The van der Waals surface area contributed by atoms with E-state index in [9.17, 15) is 9.18 Å². The van der Waals surface area contributed by atoms with Gasteiger partial charge in [-0.3, -0.25) is 4.79 Å². The van der Waals surface area contributed by atoms with Gasteiger partial charge in [0.2, 0.25) is 0 Å². The number of halogens is 1. The number of hydrogen-bond donors (Lipinski definition) is 0. The van der Waals surface area contributed by atoms with Crippen molar-refractivity contribution in [2.75, 3.05) is 6.54 Å². The highest BCUT2D eigenvalue weighted by Crippen LogP contribution is 2.42. The molecule has 6 heteroatoms. The van der Waals surface area contributed by atoms with E-state index in [1.165, 1.54) is 32.7 Å². The summed E-state index contributed by atoms with van der Waals surface area (Å²) in [5, 5.41) is 4.74. The van der Waals surface area contributed by atoms with Crippen molar-refractivity contribution in [2.45, 2.75) is 19.4 Å². The van der Waals surface area contributed by atoms with Crippen LogP contribution < -0.4 is 0 Å². The van der Waals surface area contributed by atoms with Crippen molar-refractivity contribution in [1.82, 2.24) is 4.90 Å². The fraction of sp³-hybridized carbons (Fsp3) is 0.190. The van der Waals surface area contributed by atoms with Gasteiger partial charge in [0.1, 0.15) is 5.82 Å². The fourth-order valence-corrected chi connectivity index (χ4v) is 6.81. The zero-order valence-corrected chi connectivity index (χ0v) is 17.0. The molecular formula is C21H16FNOS3. The Balaban J connectivity index is 1.62. The lowest BCUT2D eigenvalue weighted by molar-refractivity contribution is 0.0703. The summed E-state index contributed by atoms with van der Waals surface area (Å²) in [6, 6.07) is 11.3. The number of nitrogens with zero attached hydrogens (tertiary/aromatic N) is 1. The summed E-state index contributed by atoms with van der Waals surface area (Å²) in [5.41, 5.74) is 1.98. The second-order valence-corrected chi connectivity index (χ2v) is 9.67. The first-order valence-corrected chi connectivity index (χ1v) is 11.3. The number of carbonyl (C=O) groups excluding carboxylic acids is 1. The lowest BCUT2D eigenvalue weighted by atomic mass is 9.98. The highest BCUT2D eigenvalue weighted by Gasteiger charge is 2.35. The molecule has 27 heavy (non-hydrogen) atoms. The summed E-state index contributed by atoms with van der Waals surface area (Å²) in [6.07, 6.45) is 0.874. The first kappa shape index (κ1) is 17.1. The largest absolute Gasteiger partial charge is 0.326 e. The Bertz CT molecular complexity index is 1140. The average molecular weight is 414 g/mol. The van der Waals surface area contributed by atoms with Gasteiger partial charge in [0.25, 0.3) is 5.91 Å². The summed E-state index contributed by atoms with van der Waals surface area (Å²) < 4.78 is 15.1. The van der Waals surface area contributed by atoms with Crippen LogP contribution in [0.2, 0.25) is 0 Å². The Morgan fingerprint density at radius 1 is 1.15 bits per heavy atom. The van der Waals surface area contributed by atoms with Gasteiger partial charge in [-0.2, -0.15) is 0 Å². The molecule has 4 aromatic rings. The van der Waals surface area contributed by atoms with Crippen LogP contribution in [0.4, 0.5) is 4.39 Å². The van der Waals surface area contributed by atoms with E-state index in [1.54, 1.807) is 28.7 Å². The van der Waals surface area contributed by atoms with Crippen LogP contribution in [-0.4, -0.2) is 17.4 Å². The Labute approximate surface area is 168 Å². The zero-order chi connectivity index (χ0) is 18.5. The monoisotopic (exact) mass is 413 g/mol. The van der Waals surface area contributed by atoms with Crippen LogP contribution in [0.5, 0.6) is 0 Å². The molecule has 1 amide bonds. The summed E-state index contributed by atoms with van der Waals surface area (Å²) in [4.78, 5) is 18.7. The Hall–Kier alpha value is -2.02. The second-order valence-electron chi connectivity index (χ2n) is 6.63. The van der Waals surface area contributed by atoms with Crippen molar-refractivity contribution in [1.29, 1.82) is 0 Å². The van der Waals surface area contributed by atoms with E-state index in [1.807, 2.05) is 24.0 Å². The second kappa shape index (κ2) is 6.55. The van der Waals surface area contributed by atoms with Crippen LogP contribution in [0, 0.1) is 12.7 Å². The van der Waals surface area contributed by atoms with Crippen LogP contribution in [0.1, 0.15) is 36.6 Å². The number of thiophene rings is 3. The number of carbonyl (C=O) groups is 1. The molecule has 0 saturated carbocycles. The minimum Gasteiger partial charge on any atom is -0.326 e. The Kier molecular flexibility index (Phi) is 4.15. The molecule has 0 bridgehead atoms. The maximum absolute atomic E-state index is 14.3. The van der Waals surface area contributed by atoms with E-state index in [4.69, 9.17) is 0 Å². The van der Waals surface area contributed by atoms with Gasteiger partial charge in [-0.15, -0.1) is 34.0 Å². The van der Waals surface area contributed by atoms with Crippen molar-refractivity contribution in [3.05, 3.63) is 78.7 Å². The topological polar surface area (TPSA) is 20.3 Å². The van der Waals surface area contributed by atoms with E-state index in [0.717, 1.165) is 16.7 Å². The van der Waals surface area contributed by atoms with Gasteiger partial charge in [-0.1, -0.05) is 12.1 Å². The molecule has 2 nitrogen and oxygen atoms in total. The summed E-state index contributed by atoms with van der Waals surface area (Å²) >= 11 is 4.84. The third-order valence-corrected chi connectivity index (χ3v) is 8.30. The number of benzene rings is 1. The van der Waals surface area contributed by atoms with Crippen LogP contribution >= 0.6 is 34.0 Å². The smallest absolute Gasteiger partial charge is 0.265 e. The predicted octanol–water partition coefficient (Wildman–Crippen LogP) is 6.26. The lowest BCUT2D eigenvalue weighted by Crippen LogP contribution is -2.39. The van der Waals surface area contributed by atoms with Gasteiger partial charge in [0, 0.05) is 26.4 Å². The molecule has 0 aliphatic carbocycles. The molecule has 0 fully saturated rings. The molecule has 0 radical (unpaired) electrons. The highest BCUT2D eigenvalue weighted by atomic mass is 32.1. The zero-order valence-electron chi connectivity index (χ0n) is 14.6. The van der Waals surface area contributed by atoms with Crippen LogP contribution in [-0.2, 0) is 6.42 Å². The summed E-state index contributed by atoms with van der Waals surface area (Å²) in [6.45, 7) is 2.54. The Morgan fingerprint density at radius 3 is 2.81 bits per heavy atom. The third kappa shape index (κ3) is 2.66. The minimum absolute atomic E-state index is 0.00310. The van der Waals surface area contributed by atoms with Crippen molar-refractivity contribution < 1.29 is 9.18 Å². The van der Waals surface area contributed by atoms with Crippen molar-refractivity contribution in [2.24, 2.45) is 0 Å². The molecule has 1 atom stereocenters. The number of rotatable bonds is 2. The lowest BCUT2D eigenvalue weighted by Gasteiger charge is -2.35. The highest BCUT2D eigenvalue weighted by molar-refractivity contribution is 7.21. The van der Waals surface area contributed by atoms with Gasteiger partial charge in [0.15, 0.2) is 0 Å². The number of amides is 1. The Morgan fingerprint density at radius 2 is 2.04 bits per heavy atom. The van der Waals surface area contributed by atoms with Crippen molar-refractivity contribution >= 4 is 50.0 Å². The third-order valence-electron chi connectivity index (χ3n) is 5.14.